The first-order valence-electron chi connectivity index (χ1n) is 5.55. The number of rotatable bonds is 6. The molecule has 0 spiro atoms. The Morgan fingerprint density at radius 3 is 2.37 bits per heavy atom. The van der Waals surface area contributed by atoms with Crippen molar-refractivity contribution in [3.05, 3.63) is 23.8 Å². The normalized spacial score (nSPS) is 13.2. The van der Waals surface area contributed by atoms with E-state index >= 15 is 0 Å². The summed E-state index contributed by atoms with van der Waals surface area (Å²) in [5.41, 5.74) is 0.729. The number of hydrogen-bond acceptors (Lipinski definition) is 4. The van der Waals surface area contributed by atoms with E-state index in [1.807, 2.05) is 0 Å². The van der Waals surface area contributed by atoms with Crippen LogP contribution in [0.2, 0.25) is 0 Å². The van der Waals surface area contributed by atoms with Crippen LogP contribution in [0.25, 0.3) is 0 Å². The van der Waals surface area contributed by atoms with Gasteiger partial charge in [-0.2, -0.15) is 13.2 Å². The molecule has 0 amide bonds. The Morgan fingerprint density at radius 1 is 1.21 bits per heavy atom. The number of nitrogens with one attached hydrogen (secondary N) is 1. The van der Waals surface area contributed by atoms with Gasteiger partial charge in [0.15, 0.2) is 17.6 Å². The zero-order valence-electron chi connectivity index (χ0n) is 10.6. The second-order valence-corrected chi connectivity index (χ2v) is 3.88. The smallest absolute Gasteiger partial charge is 0.415 e. The molecule has 1 rings (SSSR count). The summed E-state index contributed by atoms with van der Waals surface area (Å²) in [7, 11) is 2.97. The molecule has 1 atom stereocenters. The molecule has 108 valence electrons. The molecule has 7 heteroatoms. The van der Waals surface area contributed by atoms with E-state index in [2.05, 4.69) is 5.32 Å². The molecule has 0 aromatic heterocycles. The van der Waals surface area contributed by atoms with Gasteiger partial charge in [-0.3, -0.25) is 0 Å². The van der Waals surface area contributed by atoms with Crippen molar-refractivity contribution in [2.24, 2.45) is 0 Å². The molecule has 0 aliphatic carbocycles. The van der Waals surface area contributed by atoms with Crippen molar-refractivity contribution in [1.82, 2.24) is 5.32 Å². The van der Waals surface area contributed by atoms with Gasteiger partial charge in [0.2, 0.25) is 0 Å². The van der Waals surface area contributed by atoms with Crippen molar-refractivity contribution in [3.63, 3.8) is 0 Å². The first-order valence-corrected chi connectivity index (χ1v) is 5.55. The molecule has 4 nitrogen and oxygen atoms in total. The fourth-order valence-corrected chi connectivity index (χ4v) is 1.46. The highest BCUT2D eigenvalue weighted by Gasteiger charge is 2.37. The predicted octanol–water partition coefficient (Wildman–Crippen LogP) is 1.72. The van der Waals surface area contributed by atoms with Crippen molar-refractivity contribution in [2.45, 2.75) is 18.8 Å². The lowest BCUT2D eigenvalue weighted by Gasteiger charge is -2.15. The highest BCUT2D eigenvalue weighted by molar-refractivity contribution is 5.42. The number of hydrogen-bond donors (Lipinski definition) is 2. The summed E-state index contributed by atoms with van der Waals surface area (Å²) in [6.45, 7) is -0.370. The van der Waals surface area contributed by atoms with Gasteiger partial charge >= 0.3 is 6.18 Å². The van der Waals surface area contributed by atoms with Crippen LogP contribution < -0.4 is 14.8 Å². The summed E-state index contributed by atoms with van der Waals surface area (Å²) >= 11 is 0. The third-order valence-electron chi connectivity index (χ3n) is 2.49. The van der Waals surface area contributed by atoms with Crippen molar-refractivity contribution in [2.75, 3.05) is 20.8 Å². The Morgan fingerprint density at radius 2 is 1.84 bits per heavy atom. The molecule has 0 saturated carbocycles. The molecule has 1 unspecified atom stereocenters. The maximum absolute atomic E-state index is 12.1. The molecule has 0 bridgehead atoms. The van der Waals surface area contributed by atoms with E-state index < -0.39 is 18.8 Å². The maximum atomic E-state index is 12.1. The minimum Gasteiger partial charge on any atom is -0.493 e. The number of methoxy groups -OCH3 is 2. The van der Waals surface area contributed by atoms with E-state index in [0.717, 1.165) is 5.56 Å². The Labute approximate surface area is 109 Å². The lowest BCUT2D eigenvalue weighted by atomic mass is 10.2. The average molecular weight is 279 g/mol. The largest absolute Gasteiger partial charge is 0.493 e. The number of halogens is 3. The maximum Gasteiger partial charge on any atom is 0.415 e. The van der Waals surface area contributed by atoms with Crippen LogP contribution in [-0.2, 0) is 6.54 Å². The first-order chi connectivity index (χ1) is 8.88. The molecule has 1 aromatic rings. The second kappa shape index (κ2) is 6.63. The second-order valence-electron chi connectivity index (χ2n) is 3.88. The van der Waals surface area contributed by atoms with Crippen molar-refractivity contribution < 1.29 is 27.8 Å². The minimum absolute atomic E-state index is 0.188. The van der Waals surface area contributed by atoms with Crippen LogP contribution >= 0.6 is 0 Å². The topological polar surface area (TPSA) is 50.7 Å². The molecule has 0 fully saturated rings. The zero-order chi connectivity index (χ0) is 14.5. The summed E-state index contributed by atoms with van der Waals surface area (Å²) in [6, 6.07) is 5.02. The number of aliphatic hydroxyl groups excluding tert-OH is 1. The van der Waals surface area contributed by atoms with Crippen LogP contribution in [0.5, 0.6) is 11.5 Å². The van der Waals surface area contributed by atoms with Gasteiger partial charge in [0, 0.05) is 13.1 Å². The van der Waals surface area contributed by atoms with E-state index in [-0.39, 0.29) is 6.54 Å². The minimum atomic E-state index is -4.61. The first kappa shape index (κ1) is 15.6. The highest BCUT2D eigenvalue weighted by Crippen LogP contribution is 2.27. The number of benzene rings is 1. The average Bonchev–Trinajstić information content (AvgIpc) is 2.37. The standard InChI is InChI=1S/C12H16F3NO3/c1-18-9-4-3-8(5-10(9)19-2)6-16-7-11(17)12(13,14)15/h3-5,11,16-17H,6-7H2,1-2H3. The quantitative estimate of drug-likeness (QED) is 0.832. The van der Waals surface area contributed by atoms with E-state index in [9.17, 15) is 13.2 Å². The van der Waals surface area contributed by atoms with Gasteiger partial charge in [-0.25, -0.2) is 0 Å². The summed E-state index contributed by atoms with van der Waals surface area (Å²) in [4.78, 5) is 0. The number of alkyl halides is 3. The Kier molecular flexibility index (Phi) is 5.44. The van der Waals surface area contributed by atoms with Gasteiger partial charge in [-0.1, -0.05) is 6.07 Å². The molecule has 0 aliphatic heterocycles. The SMILES string of the molecule is COc1ccc(CNCC(O)C(F)(F)F)cc1OC. The summed E-state index contributed by atoms with van der Waals surface area (Å²) in [5, 5.41) is 11.3. The third-order valence-corrected chi connectivity index (χ3v) is 2.49. The molecule has 0 aliphatic rings. The molecular formula is C12H16F3NO3. The predicted molar refractivity (Wildman–Crippen MR) is 63.3 cm³/mol. The van der Waals surface area contributed by atoms with Crippen LogP contribution in [-0.4, -0.2) is 38.2 Å². The number of ether oxygens (including phenoxy) is 2. The van der Waals surface area contributed by atoms with E-state index in [0.29, 0.717) is 11.5 Å². The van der Waals surface area contributed by atoms with Gasteiger partial charge < -0.3 is 19.9 Å². The van der Waals surface area contributed by atoms with Crippen LogP contribution in [0.15, 0.2) is 18.2 Å². The fourth-order valence-electron chi connectivity index (χ4n) is 1.46. The fraction of sp³-hybridized carbons (Fsp3) is 0.500. The molecule has 2 N–H and O–H groups in total. The summed E-state index contributed by atoms with van der Waals surface area (Å²) in [6.07, 6.45) is -6.97. The number of aliphatic hydroxyl groups is 1. The van der Waals surface area contributed by atoms with Crippen LogP contribution in [0.3, 0.4) is 0 Å². The van der Waals surface area contributed by atoms with Gasteiger partial charge in [0.1, 0.15) is 0 Å². The van der Waals surface area contributed by atoms with Crippen LogP contribution in [0.4, 0.5) is 13.2 Å². The van der Waals surface area contributed by atoms with Gasteiger partial charge in [-0.15, -0.1) is 0 Å². The molecule has 1 aromatic carbocycles. The summed E-state index contributed by atoms with van der Waals surface area (Å²) < 4.78 is 46.3. The zero-order valence-corrected chi connectivity index (χ0v) is 10.6. The molecule has 0 heterocycles. The Balaban J connectivity index is 2.54. The molecule has 0 radical (unpaired) electrons. The highest BCUT2D eigenvalue weighted by atomic mass is 19.4. The lowest BCUT2D eigenvalue weighted by molar-refractivity contribution is -0.201. The van der Waals surface area contributed by atoms with E-state index in [1.165, 1.54) is 14.2 Å². The third kappa shape index (κ3) is 4.60. The van der Waals surface area contributed by atoms with E-state index in [4.69, 9.17) is 14.6 Å². The van der Waals surface area contributed by atoms with Crippen molar-refractivity contribution in [1.29, 1.82) is 0 Å². The van der Waals surface area contributed by atoms with Crippen LogP contribution in [0.1, 0.15) is 5.56 Å². The Bertz CT molecular complexity index is 410. The van der Waals surface area contributed by atoms with E-state index in [1.54, 1.807) is 18.2 Å². The molecule has 19 heavy (non-hydrogen) atoms. The van der Waals surface area contributed by atoms with Crippen LogP contribution in [0, 0.1) is 0 Å². The molecule has 0 saturated heterocycles. The lowest BCUT2D eigenvalue weighted by Crippen LogP contribution is -2.38. The Hall–Kier alpha value is -1.47. The van der Waals surface area contributed by atoms with Gasteiger partial charge in [0.05, 0.1) is 14.2 Å². The summed E-state index contributed by atoms with van der Waals surface area (Å²) in [5.74, 6) is 1.04. The monoisotopic (exact) mass is 279 g/mol. The van der Waals surface area contributed by atoms with Crippen molar-refractivity contribution >= 4 is 0 Å². The van der Waals surface area contributed by atoms with Gasteiger partial charge in [-0.05, 0) is 17.7 Å². The van der Waals surface area contributed by atoms with Gasteiger partial charge in [0.25, 0.3) is 0 Å². The molecular weight excluding hydrogens is 263 g/mol. The van der Waals surface area contributed by atoms with Crippen molar-refractivity contribution in [3.8, 4) is 11.5 Å².